The van der Waals surface area contributed by atoms with Gasteiger partial charge in [0.25, 0.3) is 0 Å². The number of ether oxygens (including phenoxy) is 2. The number of amides is 1. The lowest BCUT2D eigenvalue weighted by Crippen LogP contribution is -2.56. The molecule has 1 saturated carbocycles. The summed E-state index contributed by atoms with van der Waals surface area (Å²) in [4.78, 5) is 31.9. The van der Waals surface area contributed by atoms with Gasteiger partial charge in [-0.15, -0.1) is 0 Å². The summed E-state index contributed by atoms with van der Waals surface area (Å²) in [7, 11) is 0. The first-order valence-corrected chi connectivity index (χ1v) is 14.2. The lowest BCUT2D eigenvalue weighted by atomic mass is 10.0. The van der Waals surface area contributed by atoms with Crippen LogP contribution in [-0.2, 0) is 22.5 Å². The van der Waals surface area contributed by atoms with E-state index in [1.54, 1.807) is 11.0 Å². The lowest BCUT2D eigenvalue weighted by molar-refractivity contribution is -0.128. The molecular formula is C31H34N6O4. The van der Waals surface area contributed by atoms with Crippen molar-refractivity contribution in [3.05, 3.63) is 71.7 Å². The maximum atomic E-state index is 12.5. The van der Waals surface area contributed by atoms with Crippen molar-refractivity contribution >= 4 is 28.2 Å². The number of fused-ring (bicyclic) bond motifs is 2. The number of carbonyl (C=O) groups excluding carboxylic acids is 1. The quantitative estimate of drug-likeness (QED) is 0.244. The van der Waals surface area contributed by atoms with Gasteiger partial charge in [0.05, 0.1) is 24.9 Å². The maximum Gasteiger partial charge on any atom is 0.318 e. The Morgan fingerprint density at radius 1 is 1.15 bits per heavy atom. The Hall–Kier alpha value is -4.36. The van der Waals surface area contributed by atoms with Crippen LogP contribution in [0.15, 0.2) is 49.1 Å². The van der Waals surface area contributed by atoms with Gasteiger partial charge >= 0.3 is 6.01 Å². The average molecular weight is 555 g/mol. The van der Waals surface area contributed by atoms with E-state index < -0.39 is 0 Å². The van der Waals surface area contributed by atoms with Gasteiger partial charge in [-0.1, -0.05) is 30.8 Å². The molecule has 3 heterocycles. The Kier molecular flexibility index (Phi) is 7.61. The molecule has 0 bridgehead atoms. The SMILES string of the molecule is [C-]#[N+]CC1CN(c2nc(OCCOC3CC3)nc3c2CCN(c2cc(O)cc4ccccc24)C3)CCN1C(=O)C=C. The van der Waals surface area contributed by atoms with Crippen LogP contribution in [0.4, 0.5) is 11.5 Å². The van der Waals surface area contributed by atoms with Gasteiger partial charge in [-0.3, -0.25) is 4.79 Å². The fourth-order valence-electron chi connectivity index (χ4n) is 5.76. The second kappa shape index (κ2) is 11.6. The molecular weight excluding hydrogens is 520 g/mol. The Morgan fingerprint density at radius 3 is 2.80 bits per heavy atom. The summed E-state index contributed by atoms with van der Waals surface area (Å²) in [6.07, 6.45) is 4.57. The van der Waals surface area contributed by atoms with Crippen molar-refractivity contribution in [2.45, 2.75) is 38.0 Å². The minimum Gasteiger partial charge on any atom is -0.508 e. The fraction of sp³-hybridized carbons (Fsp3) is 0.419. The molecule has 10 nitrogen and oxygen atoms in total. The summed E-state index contributed by atoms with van der Waals surface area (Å²) < 4.78 is 11.8. The van der Waals surface area contributed by atoms with Crippen molar-refractivity contribution in [1.82, 2.24) is 14.9 Å². The number of hydrogen-bond donors (Lipinski definition) is 1. The molecule has 0 radical (unpaired) electrons. The molecule has 212 valence electrons. The number of aromatic hydroxyl groups is 1. The molecule has 1 unspecified atom stereocenters. The highest BCUT2D eigenvalue weighted by Gasteiger charge is 2.35. The number of rotatable bonds is 9. The van der Waals surface area contributed by atoms with E-state index in [9.17, 15) is 9.90 Å². The normalized spacial score (nSPS) is 18.6. The molecule has 10 heteroatoms. The topological polar surface area (TPSA) is 95.6 Å². The number of benzene rings is 2. The van der Waals surface area contributed by atoms with E-state index in [0.717, 1.165) is 52.9 Å². The monoisotopic (exact) mass is 554 g/mol. The number of piperazine rings is 1. The summed E-state index contributed by atoms with van der Waals surface area (Å²) in [6, 6.07) is 11.7. The Balaban J connectivity index is 1.31. The van der Waals surface area contributed by atoms with Crippen molar-refractivity contribution in [2.24, 2.45) is 0 Å². The molecule has 2 fully saturated rings. The van der Waals surface area contributed by atoms with Gasteiger partial charge in [-0.2, -0.15) is 9.97 Å². The highest BCUT2D eigenvalue weighted by atomic mass is 16.5. The Morgan fingerprint density at radius 2 is 2.00 bits per heavy atom. The van der Waals surface area contributed by atoms with Gasteiger partial charge in [0, 0.05) is 48.9 Å². The predicted molar refractivity (Wildman–Crippen MR) is 156 cm³/mol. The molecule has 1 aliphatic carbocycles. The van der Waals surface area contributed by atoms with E-state index in [2.05, 4.69) is 27.3 Å². The standard InChI is InChI=1S/C31H34N6O4/c1-3-29(39)37-13-12-36(19-22(37)18-32-2)30-26-10-11-35(28-17-23(38)16-21-6-4-5-7-25(21)28)20-27(26)33-31(34-30)41-15-14-40-24-8-9-24/h3-7,16-17,22,24,38H,1,8-15,18-20H2. The number of nitrogens with zero attached hydrogens (tertiary/aromatic N) is 6. The number of phenolic OH excluding ortho intramolecular Hbond substituents is 1. The third-order valence-electron chi connectivity index (χ3n) is 7.92. The third-order valence-corrected chi connectivity index (χ3v) is 7.92. The molecule has 1 saturated heterocycles. The first kappa shape index (κ1) is 26.8. The van der Waals surface area contributed by atoms with Crippen molar-refractivity contribution in [1.29, 1.82) is 0 Å². The molecule has 6 rings (SSSR count). The third kappa shape index (κ3) is 5.77. The van der Waals surface area contributed by atoms with E-state index in [4.69, 9.17) is 26.0 Å². The average Bonchev–Trinajstić information content (AvgIpc) is 3.82. The van der Waals surface area contributed by atoms with Crippen LogP contribution >= 0.6 is 0 Å². The smallest absolute Gasteiger partial charge is 0.318 e. The number of carbonyl (C=O) groups is 1. The highest BCUT2D eigenvalue weighted by Crippen LogP contribution is 2.36. The van der Waals surface area contributed by atoms with Gasteiger partial charge in [-0.25, -0.2) is 6.57 Å². The molecule has 1 amide bonds. The Labute approximate surface area is 239 Å². The molecule has 2 aliphatic heterocycles. The molecule has 1 N–H and O–H groups in total. The zero-order chi connectivity index (χ0) is 28.3. The summed E-state index contributed by atoms with van der Waals surface area (Å²) >= 11 is 0. The predicted octanol–water partition coefficient (Wildman–Crippen LogP) is 3.58. The summed E-state index contributed by atoms with van der Waals surface area (Å²) in [5.74, 6) is 0.872. The zero-order valence-electron chi connectivity index (χ0n) is 23.0. The number of aromatic nitrogens is 2. The Bertz CT molecular complexity index is 1500. The maximum absolute atomic E-state index is 12.5. The summed E-state index contributed by atoms with van der Waals surface area (Å²) in [5, 5.41) is 12.5. The van der Waals surface area contributed by atoms with E-state index in [1.807, 2.05) is 24.3 Å². The molecule has 1 aromatic heterocycles. The van der Waals surface area contributed by atoms with Crippen LogP contribution in [0.1, 0.15) is 24.1 Å². The highest BCUT2D eigenvalue weighted by molar-refractivity contribution is 5.95. The molecule has 1 atom stereocenters. The fourth-order valence-corrected chi connectivity index (χ4v) is 5.76. The second-order valence-electron chi connectivity index (χ2n) is 10.7. The largest absolute Gasteiger partial charge is 0.508 e. The van der Waals surface area contributed by atoms with Crippen molar-refractivity contribution < 1.29 is 19.4 Å². The van der Waals surface area contributed by atoms with Crippen LogP contribution in [0.5, 0.6) is 11.8 Å². The first-order chi connectivity index (χ1) is 20.0. The molecule has 0 spiro atoms. The van der Waals surface area contributed by atoms with Crippen LogP contribution < -0.4 is 14.5 Å². The van der Waals surface area contributed by atoms with Gasteiger partial charge in [-0.05, 0) is 36.8 Å². The summed E-state index contributed by atoms with van der Waals surface area (Å²) in [5.41, 5.74) is 2.89. The molecule has 3 aliphatic rings. The van der Waals surface area contributed by atoms with Crippen LogP contribution in [0, 0.1) is 6.57 Å². The second-order valence-corrected chi connectivity index (χ2v) is 10.7. The number of phenols is 1. The van der Waals surface area contributed by atoms with Crippen molar-refractivity contribution in [2.75, 3.05) is 55.7 Å². The van der Waals surface area contributed by atoms with Gasteiger partial charge in [0.1, 0.15) is 24.2 Å². The van der Waals surface area contributed by atoms with Crippen LogP contribution in [0.3, 0.4) is 0 Å². The summed E-state index contributed by atoms with van der Waals surface area (Å²) in [6.45, 7) is 15.0. The molecule has 41 heavy (non-hydrogen) atoms. The van der Waals surface area contributed by atoms with Gasteiger partial charge in [0.2, 0.25) is 12.5 Å². The lowest BCUT2D eigenvalue weighted by Gasteiger charge is -2.41. The minimum absolute atomic E-state index is 0.156. The van der Waals surface area contributed by atoms with E-state index in [-0.39, 0.29) is 24.2 Å². The van der Waals surface area contributed by atoms with Crippen molar-refractivity contribution in [3.63, 3.8) is 0 Å². The van der Waals surface area contributed by atoms with Crippen LogP contribution in [-0.4, -0.2) is 84.0 Å². The van der Waals surface area contributed by atoms with Crippen LogP contribution in [0.25, 0.3) is 15.6 Å². The van der Waals surface area contributed by atoms with E-state index in [1.165, 1.54) is 6.08 Å². The number of anilines is 2. The van der Waals surface area contributed by atoms with Gasteiger partial charge < -0.3 is 34.1 Å². The number of hydrogen-bond acceptors (Lipinski definition) is 8. The van der Waals surface area contributed by atoms with Crippen LogP contribution in [0.2, 0.25) is 0 Å². The molecule has 2 aromatic carbocycles. The van der Waals surface area contributed by atoms with E-state index in [0.29, 0.717) is 57.9 Å². The minimum atomic E-state index is -0.257. The zero-order valence-corrected chi connectivity index (χ0v) is 23.0. The van der Waals surface area contributed by atoms with Crippen molar-refractivity contribution in [3.8, 4) is 11.8 Å². The van der Waals surface area contributed by atoms with E-state index >= 15 is 0 Å². The van der Waals surface area contributed by atoms with Gasteiger partial charge in [0.15, 0.2) is 0 Å². The molecule has 3 aromatic rings. The first-order valence-electron chi connectivity index (χ1n) is 14.2.